The number of nitrogens with one attached hydrogen (secondary N) is 1. The maximum absolute atomic E-state index is 11.9. The maximum atomic E-state index is 11.9. The third kappa shape index (κ3) is 2.85. The first-order valence-electron chi connectivity index (χ1n) is 6.09. The quantitative estimate of drug-likeness (QED) is 0.686. The fraction of sp³-hybridized carbons (Fsp3) is 0.214. The minimum Gasteiger partial charge on any atom is -0.395 e. The van der Waals surface area contributed by atoms with E-state index in [1.165, 1.54) is 6.07 Å². The molecule has 0 saturated heterocycles. The van der Waals surface area contributed by atoms with Gasteiger partial charge in [-0.05, 0) is 31.0 Å². The molecule has 0 aliphatic carbocycles. The second-order valence-electron chi connectivity index (χ2n) is 4.45. The van der Waals surface area contributed by atoms with Crippen molar-refractivity contribution in [2.45, 2.75) is 19.9 Å². The fourth-order valence-corrected chi connectivity index (χ4v) is 1.97. The van der Waals surface area contributed by atoms with Crippen LogP contribution in [0.3, 0.4) is 0 Å². The van der Waals surface area contributed by atoms with Crippen LogP contribution in [-0.4, -0.2) is 10.8 Å². The first-order valence-corrected chi connectivity index (χ1v) is 6.09. The third-order valence-corrected chi connectivity index (χ3v) is 3.00. The number of hydrogen-bond acceptors (Lipinski definition) is 4. The molecule has 1 aromatic carbocycles. The largest absolute Gasteiger partial charge is 0.433 e. The summed E-state index contributed by atoms with van der Waals surface area (Å²) in [7, 11) is 0. The number of carbonyl (C=O) groups excluding carboxylic acids is 1. The third-order valence-electron chi connectivity index (χ3n) is 3.00. The first kappa shape index (κ1) is 13.8. The van der Waals surface area contributed by atoms with Crippen molar-refractivity contribution in [3.8, 4) is 0 Å². The SMILES string of the molecule is Cc1ccccc1C(C)NC(=O)c1ccc([N+](=O)[O-])o1. The lowest BCUT2D eigenvalue weighted by Crippen LogP contribution is -2.26. The summed E-state index contributed by atoms with van der Waals surface area (Å²) in [6, 6.07) is 9.92. The van der Waals surface area contributed by atoms with E-state index in [4.69, 9.17) is 4.42 Å². The van der Waals surface area contributed by atoms with Crippen molar-refractivity contribution >= 4 is 11.8 Å². The second kappa shape index (κ2) is 5.56. The van der Waals surface area contributed by atoms with E-state index < -0.39 is 16.7 Å². The Hall–Kier alpha value is -2.63. The predicted octanol–water partition coefficient (Wildman–Crippen LogP) is 2.99. The van der Waals surface area contributed by atoms with Gasteiger partial charge in [0.15, 0.2) is 5.76 Å². The summed E-state index contributed by atoms with van der Waals surface area (Å²) < 4.78 is 4.86. The summed E-state index contributed by atoms with van der Waals surface area (Å²) in [5.41, 5.74) is 2.05. The lowest BCUT2D eigenvalue weighted by Gasteiger charge is -2.15. The Balaban J connectivity index is 2.11. The van der Waals surface area contributed by atoms with Crippen LogP contribution in [0, 0.1) is 17.0 Å². The molecule has 6 heteroatoms. The van der Waals surface area contributed by atoms with E-state index >= 15 is 0 Å². The van der Waals surface area contributed by atoms with Crippen LogP contribution in [0.2, 0.25) is 0 Å². The van der Waals surface area contributed by atoms with E-state index in [-0.39, 0.29) is 11.8 Å². The van der Waals surface area contributed by atoms with Crippen molar-refractivity contribution in [3.63, 3.8) is 0 Å². The van der Waals surface area contributed by atoms with Crippen molar-refractivity contribution in [1.29, 1.82) is 0 Å². The summed E-state index contributed by atoms with van der Waals surface area (Å²) in [5, 5.41) is 13.3. The fourth-order valence-electron chi connectivity index (χ4n) is 1.97. The van der Waals surface area contributed by atoms with Gasteiger partial charge in [-0.3, -0.25) is 14.9 Å². The zero-order valence-electron chi connectivity index (χ0n) is 11.1. The Morgan fingerprint density at radius 2 is 2.00 bits per heavy atom. The van der Waals surface area contributed by atoms with E-state index in [2.05, 4.69) is 5.32 Å². The van der Waals surface area contributed by atoms with Crippen LogP contribution < -0.4 is 5.32 Å². The van der Waals surface area contributed by atoms with Gasteiger partial charge in [-0.1, -0.05) is 24.3 Å². The molecule has 1 heterocycles. The van der Waals surface area contributed by atoms with Crippen LogP contribution in [0.5, 0.6) is 0 Å². The highest BCUT2D eigenvalue weighted by Gasteiger charge is 2.19. The number of nitrogens with zero attached hydrogens (tertiary/aromatic N) is 1. The Kier molecular flexibility index (Phi) is 3.84. The molecule has 0 saturated carbocycles. The molecule has 20 heavy (non-hydrogen) atoms. The average Bonchev–Trinajstić information content (AvgIpc) is 2.88. The van der Waals surface area contributed by atoms with Crippen molar-refractivity contribution in [2.24, 2.45) is 0 Å². The van der Waals surface area contributed by atoms with Crippen LogP contribution in [0.4, 0.5) is 5.88 Å². The average molecular weight is 274 g/mol. The van der Waals surface area contributed by atoms with Gasteiger partial charge < -0.3 is 9.73 Å². The number of amides is 1. The summed E-state index contributed by atoms with van der Waals surface area (Å²) in [6.07, 6.45) is 0. The Morgan fingerprint density at radius 3 is 2.60 bits per heavy atom. The smallest absolute Gasteiger partial charge is 0.395 e. The molecule has 0 spiro atoms. The van der Waals surface area contributed by atoms with Gasteiger partial charge in [0.1, 0.15) is 4.92 Å². The number of carbonyl (C=O) groups is 1. The lowest BCUT2D eigenvalue weighted by molar-refractivity contribution is -0.402. The molecule has 2 aromatic rings. The number of furan rings is 1. The molecule has 104 valence electrons. The van der Waals surface area contributed by atoms with Gasteiger partial charge in [0.05, 0.1) is 12.1 Å². The van der Waals surface area contributed by atoms with Gasteiger partial charge >= 0.3 is 5.88 Å². The van der Waals surface area contributed by atoms with Crippen LogP contribution in [0.15, 0.2) is 40.8 Å². The molecule has 6 nitrogen and oxygen atoms in total. The normalized spacial score (nSPS) is 11.9. The molecule has 1 amide bonds. The van der Waals surface area contributed by atoms with Gasteiger partial charge in [-0.2, -0.15) is 0 Å². The number of nitro groups is 1. The molecule has 0 radical (unpaired) electrons. The molecular formula is C14H14N2O4. The lowest BCUT2D eigenvalue weighted by atomic mass is 10.0. The van der Waals surface area contributed by atoms with Crippen molar-refractivity contribution in [1.82, 2.24) is 5.32 Å². The van der Waals surface area contributed by atoms with Crippen LogP contribution in [0.1, 0.15) is 34.6 Å². The highest BCUT2D eigenvalue weighted by atomic mass is 16.6. The summed E-state index contributed by atoms with van der Waals surface area (Å²) in [6.45, 7) is 3.80. The number of hydrogen-bond donors (Lipinski definition) is 1. The highest BCUT2D eigenvalue weighted by Crippen LogP contribution is 2.19. The predicted molar refractivity (Wildman–Crippen MR) is 72.4 cm³/mol. The minimum absolute atomic E-state index is 0.0721. The minimum atomic E-state index is -0.679. The van der Waals surface area contributed by atoms with Gasteiger partial charge in [-0.25, -0.2) is 0 Å². The first-order chi connectivity index (χ1) is 9.49. The molecule has 0 aliphatic rings. The van der Waals surface area contributed by atoms with Gasteiger partial charge in [-0.15, -0.1) is 0 Å². The Morgan fingerprint density at radius 1 is 1.30 bits per heavy atom. The van der Waals surface area contributed by atoms with Crippen molar-refractivity contribution in [2.75, 3.05) is 0 Å². The highest BCUT2D eigenvalue weighted by molar-refractivity contribution is 5.92. The van der Waals surface area contributed by atoms with E-state index in [9.17, 15) is 14.9 Å². The van der Waals surface area contributed by atoms with Gasteiger partial charge in [0.2, 0.25) is 0 Å². The number of aryl methyl sites for hydroxylation is 1. The van der Waals surface area contributed by atoms with Crippen molar-refractivity contribution in [3.05, 3.63) is 63.4 Å². The zero-order valence-corrected chi connectivity index (χ0v) is 11.1. The maximum Gasteiger partial charge on any atom is 0.433 e. The summed E-state index contributed by atoms with van der Waals surface area (Å²) >= 11 is 0. The zero-order chi connectivity index (χ0) is 14.7. The number of benzene rings is 1. The molecule has 2 rings (SSSR count). The van der Waals surface area contributed by atoms with E-state index in [0.29, 0.717) is 0 Å². The molecule has 1 unspecified atom stereocenters. The second-order valence-corrected chi connectivity index (χ2v) is 4.45. The molecular weight excluding hydrogens is 260 g/mol. The number of rotatable bonds is 4. The Bertz CT molecular complexity index is 648. The van der Waals surface area contributed by atoms with E-state index in [1.807, 2.05) is 38.1 Å². The monoisotopic (exact) mass is 274 g/mol. The van der Waals surface area contributed by atoms with Gasteiger partial charge in [0, 0.05) is 0 Å². The molecule has 1 N–H and O–H groups in total. The standard InChI is InChI=1S/C14H14N2O4/c1-9-5-3-4-6-11(9)10(2)15-14(17)12-7-8-13(20-12)16(18)19/h3-8,10H,1-2H3,(H,15,17). The molecule has 1 atom stereocenters. The molecule has 0 bridgehead atoms. The molecule has 0 aliphatic heterocycles. The Labute approximate surface area is 115 Å². The topological polar surface area (TPSA) is 85.4 Å². The van der Waals surface area contributed by atoms with E-state index in [1.54, 1.807) is 0 Å². The summed E-state index contributed by atoms with van der Waals surface area (Å²) in [4.78, 5) is 21.8. The molecule has 0 fully saturated rings. The van der Waals surface area contributed by atoms with Crippen molar-refractivity contribution < 1.29 is 14.1 Å². The molecule has 1 aromatic heterocycles. The van der Waals surface area contributed by atoms with Crippen LogP contribution in [-0.2, 0) is 0 Å². The van der Waals surface area contributed by atoms with Crippen LogP contribution >= 0.6 is 0 Å². The van der Waals surface area contributed by atoms with E-state index in [0.717, 1.165) is 17.2 Å². The van der Waals surface area contributed by atoms with Crippen LogP contribution in [0.25, 0.3) is 0 Å². The van der Waals surface area contributed by atoms with Gasteiger partial charge in [0.25, 0.3) is 5.91 Å². The summed E-state index contributed by atoms with van der Waals surface area (Å²) in [5.74, 6) is -0.996.